The zero-order chi connectivity index (χ0) is 18.9. The van der Waals surface area contributed by atoms with Crippen molar-refractivity contribution in [3.8, 4) is 0 Å². The molecule has 1 atom stereocenters. The summed E-state index contributed by atoms with van der Waals surface area (Å²) in [6.45, 7) is 0.787. The third-order valence-corrected chi connectivity index (χ3v) is 6.03. The van der Waals surface area contributed by atoms with Crippen molar-refractivity contribution < 1.29 is 22.0 Å². The van der Waals surface area contributed by atoms with E-state index < -0.39 is 40.9 Å². The molecule has 0 spiro atoms. The summed E-state index contributed by atoms with van der Waals surface area (Å²) in [5, 5.41) is 6.77. The molecule has 0 radical (unpaired) electrons. The quantitative estimate of drug-likeness (QED) is 0.648. The molecule has 1 N–H and O–H groups in total. The lowest BCUT2D eigenvalue weighted by atomic mass is 10.1. The number of aromatic nitrogens is 2. The normalized spacial score (nSPS) is 24.5. The standard InChI is InChI=1S/C15H23F2N5O3S/c1-26(24,25)21-9-12(10-21)22-11-15(16,17)8-13(22)14(23)18-4-2-6-20-7-3-5-19-20/h3,5,7,12-13H,2,4,6,8-11H2,1H3,(H,18,23)/t13-/m0/s1. The average molecular weight is 391 g/mol. The Morgan fingerprint density at radius 2 is 2.12 bits per heavy atom. The Balaban J connectivity index is 1.51. The maximum absolute atomic E-state index is 13.9. The molecule has 2 aliphatic heterocycles. The van der Waals surface area contributed by atoms with Gasteiger partial charge in [0, 0.05) is 51.0 Å². The van der Waals surface area contributed by atoms with E-state index in [2.05, 4.69) is 10.4 Å². The van der Waals surface area contributed by atoms with E-state index in [-0.39, 0.29) is 19.1 Å². The van der Waals surface area contributed by atoms with E-state index in [0.29, 0.717) is 19.5 Å². The molecule has 1 aromatic heterocycles. The second-order valence-electron chi connectivity index (χ2n) is 6.90. The van der Waals surface area contributed by atoms with Crippen molar-refractivity contribution in [2.45, 2.75) is 37.4 Å². The number of hydrogen-bond acceptors (Lipinski definition) is 5. The highest BCUT2D eigenvalue weighted by Gasteiger charge is 2.52. The topological polar surface area (TPSA) is 87.5 Å². The molecule has 11 heteroatoms. The summed E-state index contributed by atoms with van der Waals surface area (Å²) in [6.07, 6.45) is 4.67. The molecule has 146 valence electrons. The molecule has 2 saturated heterocycles. The molecular formula is C15H23F2N5O3S. The largest absolute Gasteiger partial charge is 0.355 e. The summed E-state index contributed by atoms with van der Waals surface area (Å²) in [4.78, 5) is 13.8. The van der Waals surface area contributed by atoms with E-state index in [9.17, 15) is 22.0 Å². The summed E-state index contributed by atoms with van der Waals surface area (Å²) >= 11 is 0. The van der Waals surface area contributed by atoms with Gasteiger partial charge in [0.1, 0.15) is 0 Å². The summed E-state index contributed by atoms with van der Waals surface area (Å²) in [7, 11) is -3.32. The van der Waals surface area contributed by atoms with Crippen LogP contribution in [-0.2, 0) is 21.4 Å². The maximum Gasteiger partial charge on any atom is 0.262 e. The Morgan fingerprint density at radius 3 is 2.73 bits per heavy atom. The van der Waals surface area contributed by atoms with Gasteiger partial charge in [-0.3, -0.25) is 14.4 Å². The molecule has 0 unspecified atom stereocenters. The molecule has 0 aromatic carbocycles. The lowest BCUT2D eigenvalue weighted by Gasteiger charge is -2.44. The second-order valence-corrected chi connectivity index (χ2v) is 8.88. The lowest BCUT2D eigenvalue weighted by Crippen LogP contribution is -2.63. The molecule has 8 nitrogen and oxygen atoms in total. The number of likely N-dealkylation sites (tertiary alicyclic amines) is 1. The van der Waals surface area contributed by atoms with Gasteiger partial charge in [0.25, 0.3) is 5.92 Å². The van der Waals surface area contributed by atoms with E-state index in [1.807, 2.05) is 6.20 Å². The van der Waals surface area contributed by atoms with Crippen molar-refractivity contribution >= 4 is 15.9 Å². The Kier molecular flexibility index (Phi) is 5.31. The molecule has 1 aromatic rings. The number of carbonyl (C=O) groups excluding carboxylic acids is 1. The van der Waals surface area contributed by atoms with Crippen LogP contribution in [0.2, 0.25) is 0 Å². The van der Waals surface area contributed by atoms with Gasteiger partial charge >= 0.3 is 0 Å². The number of sulfonamides is 1. The number of hydrogen-bond donors (Lipinski definition) is 1. The fraction of sp³-hybridized carbons (Fsp3) is 0.733. The van der Waals surface area contributed by atoms with Crippen LogP contribution in [0.15, 0.2) is 18.5 Å². The number of nitrogens with zero attached hydrogens (tertiary/aromatic N) is 4. The monoisotopic (exact) mass is 391 g/mol. The van der Waals surface area contributed by atoms with Crippen LogP contribution in [0, 0.1) is 0 Å². The van der Waals surface area contributed by atoms with Gasteiger partial charge in [-0.15, -0.1) is 0 Å². The Bertz CT molecular complexity index is 734. The fourth-order valence-corrected chi connectivity index (χ4v) is 4.25. The number of nitrogens with one attached hydrogen (secondary N) is 1. The molecule has 1 amide bonds. The van der Waals surface area contributed by atoms with E-state index in [0.717, 1.165) is 6.26 Å². The van der Waals surface area contributed by atoms with Gasteiger partial charge in [0.2, 0.25) is 15.9 Å². The predicted molar refractivity (Wildman–Crippen MR) is 90.1 cm³/mol. The molecule has 0 saturated carbocycles. The summed E-state index contributed by atoms with van der Waals surface area (Å²) in [6, 6.07) is 0.523. The van der Waals surface area contributed by atoms with Crippen molar-refractivity contribution in [1.82, 2.24) is 24.3 Å². The molecule has 26 heavy (non-hydrogen) atoms. The van der Waals surface area contributed by atoms with Crippen molar-refractivity contribution in [3.05, 3.63) is 18.5 Å². The van der Waals surface area contributed by atoms with Crippen LogP contribution >= 0.6 is 0 Å². The molecule has 0 aliphatic carbocycles. The Hall–Kier alpha value is -1.59. The van der Waals surface area contributed by atoms with Gasteiger partial charge in [0.05, 0.1) is 18.8 Å². The number of aryl methyl sites for hydroxylation is 1. The molecule has 0 bridgehead atoms. The van der Waals surface area contributed by atoms with Crippen molar-refractivity contribution in [3.63, 3.8) is 0 Å². The summed E-state index contributed by atoms with van der Waals surface area (Å²) < 4.78 is 53.6. The van der Waals surface area contributed by atoms with Crippen molar-refractivity contribution in [2.24, 2.45) is 0 Å². The van der Waals surface area contributed by atoms with Gasteiger partial charge in [0.15, 0.2) is 0 Å². The number of rotatable bonds is 7. The van der Waals surface area contributed by atoms with E-state index in [1.54, 1.807) is 16.9 Å². The Morgan fingerprint density at radius 1 is 1.38 bits per heavy atom. The second kappa shape index (κ2) is 7.20. The third-order valence-electron chi connectivity index (χ3n) is 4.80. The first kappa shape index (κ1) is 19.2. The minimum Gasteiger partial charge on any atom is -0.355 e. The van der Waals surface area contributed by atoms with Crippen LogP contribution in [0.4, 0.5) is 8.78 Å². The van der Waals surface area contributed by atoms with Crippen LogP contribution in [0.5, 0.6) is 0 Å². The van der Waals surface area contributed by atoms with Crippen molar-refractivity contribution in [2.75, 3.05) is 32.4 Å². The molecule has 2 fully saturated rings. The van der Waals surface area contributed by atoms with Gasteiger partial charge in [-0.25, -0.2) is 17.2 Å². The number of halogens is 2. The minimum absolute atomic E-state index is 0.151. The zero-order valence-electron chi connectivity index (χ0n) is 14.5. The molecular weight excluding hydrogens is 368 g/mol. The van der Waals surface area contributed by atoms with Crippen LogP contribution in [0.1, 0.15) is 12.8 Å². The SMILES string of the molecule is CS(=O)(=O)N1CC(N2CC(F)(F)C[C@H]2C(=O)NCCCn2cccn2)C1. The molecule has 2 aliphatic rings. The van der Waals surface area contributed by atoms with Gasteiger partial charge in [-0.2, -0.15) is 9.40 Å². The maximum atomic E-state index is 13.9. The highest BCUT2D eigenvalue weighted by Crippen LogP contribution is 2.35. The summed E-state index contributed by atoms with van der Waals surface area (Å²) in [5.74, 6) is -3.37. The van der Waals surface area contributed by atoms with Gasteiger partial charge < -0.3 is 5.32 Å². The van der Waals surface area contributed by atoms with Crippen molar-refractivity contribution in [1.29, 1.82) is 0 Å². The number of amides is 1. The number of carbonyl (C=O) groups is 1. The van der Waals surface area contributed by atoms with Crippen LogP contribution < -0.4 is 5.32 Å². The fourth-order valence-electron chi connectivity index (χ4n) is 3.37. The van der Waals surface area contributed by atoms with Crippen LogP contribution in [0.25, 0.3) is 0 Å². The minimum atomic E-state index is -3.32. The third kappa shape index (κ3) is 4.38. The first-order valence-electron chi connectivity index (χ1n) is 8.49. The molecule has 3 rings (SSSR count). The van der Waals surface area contributed by atoms with Crippen LogP contribution in [-0.4, -0.2) is 83.8 Å². The highest BCUT2D eigenvalue weighted by atomic mass is 32.2. The van der Waals surface area contributed by atoms with Gasteiger partial charge in [-0.05, 0) is 12.5 Å². The van der Waals surface area contributed by atoms with E-state index in [4.69, 9.17) is 0 Å². The first-order valence-corrected chi connectivity index (χ1v) is 10.3. The Labute approximate surface area is 151 Å². The number of alkyl halides is 2. The summed E-state index contributed by atoms with van der Waals surface area (Å²) in [5.41, 5.74) is 0. The van der Waals surface area contributed by atoms with E-state index in [1.165, 1.54) is 9.21 Å². The predicted octanol–water partition coefficient (Wildman–Crippen LogP) is -0.257. The van der Waals surface area contributed by atoms with E-state index >= 15 is 0 Å². The smallest absolute Gasteiger partial charge is 0.262 e. The highest BCUT2D eigenvalue weighted by molar-refractivity contribution is 7.88. The van der Waals surface area contributed by atoms with Crippen LogP contribution in [0.3, 0.4) is 0 Å². The van der Waals surface area contributed by atoms with Gasteiger partial charge in [-0.1, -0.05) is 0 Å². The average Bonchev–Trinajstić information content (AvgIpc) is 3.08. The lowest BCUT2D eigenvalue weighted by molar-refractivity contribution is -0.127. The first-order chi connectivity index (χ1) is 12.2. The zero-order valence-corrected chi connectivity index (χ0v) is 15.3. The molecule has 3 heterocycles.